The largest absolute Gasteiger partial charge is 0.469 e. The van der Waals surface area contributed by atoms with Gasteiger partial charge in [0.15, 0.2) is 0 Å². The maximum Gasteiger partial charge on any atom is 0.310 e. The first-order valence-corrected chi connectivity index (χ1v) is 7.86. The second-order valence-electron chi connectivity index (χ2n) is 5.33. The summed E-state index contributed by atoms with van der Waals surface area (Å²) in [5.74, 6) is -0.175. The monoisotopic (exact) mass is 297 g/mol. The van der Waals surface area contributed by atoms with Crippen LogP contribution in [0.15, 0.2) is 30.3 Å². The second kappa shape index (κ2) is 4.74. The van der Waals surface area contributed by atoms with Gasteiger partial charge in [0.2, 0.25) is 0 Å². The highest BCUT2D eigenvalue weighted by Crippen LogP contribution is 2.41. The lowest BCUT2D eigenvalue weighted by atomic mass is 9.94. The van der Waals surface area contributed by atoms with Gasteiger partial charge in [-0.2, -0.15) is 0 Å². The first kappa shape index (κ1) is 12.7. The lowest BCUT2D eigenvalue weighted by Crippen LogP contribution is -2.02. The molecule has 0 atom stereocenters. The van der Waals surface area contributed by atoms with Crippen molar-refractivity contribution in [3.05, 3.63) is 45.6 Å². The van der Waals surface area contributed by atoms with Crippen molar-refractivity contribution in [2.24, 2.45) is 0 Å². The number of aromatic amines is 1. The Morgan fingerprint density at radius 1 is 1.33 bits per heavy atom. The minimum Gasteiger partial charge on any atom is -0.469 e. The minimum absolute atomic E-state index is 0.175. The minimum atomic E-state index is -0.175. The maximum absolute atomic E-state index is 11.5. The predicted molar refractivity (Wildman–Crippen MR) is 84.7 cm³/mol. The van der Waals surface area contributed by atoms with E-state index in [1.807, 2.05) is 0 Å². The van der Waals surface area contributed by atoms with E-state index in [9.17, 15) is 4.79 Å². The van der Waals surface area contributed by atoms with Crippen LogP contribution >= 0.6 is 11.3 Å². The molecule has 0 radical (unpaired) electrons. The number of hydrogen-bond acceptors (Lipinski definition) is 3. The normalized spacial score (nSPS) is 13.0. The molecule has 2 heterocycles. The number of esters is 1. The number of benzene rings is 1. The molecular formula is C17H15NO2S. The van der Waals surface area contributed by atoms with Gasteiger partial charge in [-0.05, 0) is 30.5 Å². The van der Waals surface area contributed by atoms with Crippen LogP contribution in [0.3, 0.4) is 0 Å². The quantitative estimate of drug-likeness (QED) is 0.733. The van der Waals surface area contributed by atoms with Crippen LogP contribution in [-0.2, 0) is 28.8 Å². The molecular weight excluding hydrogens is 282 g/mol. The van der Waals surface area contributed by atoms with Gasteiger partial charge in [0.25, 0.3) is 0 Å². The van der Waals surface area contributed by atoms with Crippen LogP contribution < -0.4 is 0 Å². The molecule has 0 amide bonds. The van der Waals surface area contributed by atoms with Crippen LogP contribution in [0.25, 0.3) is 22.2 Å². The van der Waals surface area contributed by atoms with Crippen molar-refractivity contribution in [1.29, 1.82) is 0 Å². The van der Waals surface area contributed by atoms with E-state index >= 15 is 0 Å². The summed E-state index contributed by atoms with van der Waals surface area (Å²) in [6.07, 6.45) is 2.48. The Labute approximate surface area is 126 Å². The standard InChI is InChI=1S/C17H15NO2S/c1-20-16(19)9-10-8-13-15(21-10)7-6-12-11-4-2-3-5-14(11)18-17(12)13/h2-5,8,18H,6-7,9H2,1H3. The summed E-state index contributed by atoms with van der Waals surface area (Å²) in [5.41, 5.74) is 5.08. The summed E-state index contributed by atoms with van der Waals surface area (Å²) in [6.45, 7) is 0. The van der Waals surface area contributed by atoms with Gasteiger partial charge in [-0.3, -0.25) is 4.79 Å². The Hall–Kier alpha value is -2.07. The fourth-order valence-corrected chi connectivity index (χ4v) is 4.27. The predicted octanol–water partition coefficient (Wildman–Crippen LogP) is 3.71. The highest BCUT2D eigenvalue weighted by atomic mass is 32.1. The molecule has 1 aromatic carbocycles. The van der Waals surface area contributed by atoms with E-state index in [1.165, 1.54) is 39.7 Å². The van der Waals surface area contributed by atoms with Crippen LogP contribution in [0.5, 0.6) is 0 Å². The topological polar surface area (TPSA) is 42.1 Å². The van der Waals surface area contributed by atoms with Crippen LogP contribution in [0.4, 0.5) is 0 Å². The first-order valence-electron chi connectivity index (χ1n) is 7.04. The van der Waals surface area contributed by atoms with Crippen LogP contribution in [0, 0.1) is 0 Å². The molecule has 0 aliphatic heterocycles. The number of thiophene rings is 1. The number of methoxy groups -OCH3 is 1. The van der Waals surface area contributed by atoms with Crippen molar-refractivity contribution in [1.82, 2.24) is 4.98 Å². The zero-order valence-corrected chi connectivity index (χ0v) is 12.5. The number of nitrogens with one attached hydrogen (secondary N) is 1. The molecule has 0 saturated carbocycles. The van der Waals surface area contributed by atoms with Gasteiger partial charge in [-0.15, -0.1) is 11.3 Å². The Morgan fingerprint density at radius 2 is 2.19 bits per heavy atom. The molecule has 0 fully saturated rings. The van der Waals surface area contributed by atoms with Crippen LogP contribution in [-0.4, -0.2) is 18.1 Å². The van der Waals surface area contributed by atoms with Crippen molar-refractivity contribution in [2.75, 3.05) is 7.11 Å². The molecule has 21 heavy (non-hydrogen) atoms. The summed E-state index contributed by atoms with van der Waals surface area (Å²) in [6, 6.07) is 10.6. The first-order chi connectivity index (χ1) is 10.3. The molecule has 0 saturated heterocycles. The average molecular weight is 297 g/mol. The lowest BCUT2D eigenvalue weighted by Gasteiger charge is -2.11. The molecule has 3 nitrogen and oxygen atoms in total. The number of carbonyl (C=O) groups is 1. The van der Waals surface area contributed by atoms with Crippen molar-refractivity contribution in [2.45, 2.75) is 19.3 Å². The van der Waals surface area contributed by atoms with E-state index in [-0.39, 0.29) is 5.97 Å². The number of aromatic nitrogens is 1. The molecule has 0 bridgehead atoms. The van der Waals surface area contributed by atoms with Gasteiger partial charge in [0.05, 0.1) is 19.2 Å². The average Bonchev–Trinajstić information content (AvgIpc) is 3.07. The second-order valence-corrected chi connectivity index (χ2v) is 6.55. The van der Waals surface area contributed by atoms with Crippen LogP contribution in [0.2, 0.25) is 0 Å². The van der Waals surface area contributed by atoms with Crippen LogP contribution in [0.1, 0.15) is 15.3 Å². The summed E-state index contributed by atoms with van der Waals surface area (Å²) in [7, 11) is 1.44. The molecule has 0 spiro atoms. The van der Waals surface area contributed by atoms with Gasteiger partial charge in [-0.1, -0.05) is 18.2 Å². The zero-order chi connectivity index (χ0) is 14.4. The number of rotatable bonds is 2. The van der Waals surface area contributed by atoms with E-state index in [4.69, 9.17) is 4.74 Å². The maximum atomic E-state index is 11.5. The zero-order valence-electron chi connectivity index (χ0n) is 11.7. The van der Waals surface area contributed by atoms with Gasteiger partial charge in [0.1, 0.15) is 0 Å². The molecule has 1 aliphatic rings. The van der Waals surface area contributed by atoms with E-state index < -0.39 is 0 Å². The summed E-state index contributed by atoms with van der Waals surface area (Å²) >= 11 is 1.73. The summed E-state index contributed by atoms with van der Waals surface area (Å²) < 4.78 is 4.76. The molecule has 2 aromatic heterocycles. The summed E-state index contributed by atoms with van der Waals surface area (Å²) in [4.78, 5) is 17.5. The fourth-order valence-electron chi connectivity index (χ4n) is 3.11. The van der Waals surface area contributed by atoms with E-state index in [1.54, 1.807) is 11.3 Å². The molecule has 0 unspecified atom stereocenters. The highest BCUT2D eigenvalue weighted by molar-refractivity contribution is 7.12. The Balaban J connectivity index is 1.83. The van der Waals surface area contributed by atoms with Crippen molar-refractivity contribution >= 4 is 28.2 Å². The lowest BCUT2D eigenvalue weighted by molar-refractivity contribution is -0.139. The number of aryl methyl sites for hydroxylation is 2. The number of fused-ring (bicyclic) bond motifs is 5. The Morgan fingerprint density at radius 3 is 3.05 bits per heavy atom. The third-order valence-corrected chi connectivity index (χ3v) is 5.29. The third-order valence-electron chi connectivity index (χ3n) is 4.09. The molecule has 4 heteroatoms. The summed E-state index contributed by atoms with van der Waals surface area (Å²) in [5, 5.41) is 1.32. The Bertz CT molecular complexity index is 844. The number of carbonyl (C=O) groups excluding carboxylic acids is 1. The van der Waals surface area contributed by atoms with Gasteiger partial charge < -0.3 is 9.72 Å². The Kier molecular flexibility index (Phi) is 2.86. The van der Waals surface area contributed by atoms with Crippen molar-refractivity contribution in [3.63, 3.8) is 0 Å². The van der Waals surface area contributed by atoms with E-state index in [0.717, 1.165) is 17.7 Å². The third kappa shape index (κ3) is 1.98. The fraction of sp³-hybridized carbons (Fsp3) is 0.235. The molecule has 106 valence electrons. The number of hydrogen-bond donors (Lipinski definition) is 1. The molecule has 4 rings (SSSR count). The SMILES string of the molecule is COC(=O)Cc1cc2c(s1)CCc1c-2[nH]c2ccccc12. The van der Waals surface area contributed by atoms with Crippen molar-refractivity contribution < 1.29 is 9.53 Å². The van der Waals surface area contributed by atoms with Gasteiger partial charge >= 0.3 is 5.97 Å². The number of para-hydroxylation sites is 1. The van der Waals surface area contributed by atoms with Gasteiger partial charge in [0, 0.05) is 26.2 Å². The highest BCUT2D eigenvalue weighted by Gasteiger charge is 2.23. The van der Waals surface area contributed by atoms with Crippen molar-refractivity contribution in [3.8, 4) is 11.3 Å². The van der Waals surface area contributed by atoms with Gasteiger partial charge in [-0.25, -0.2) is 0 Å². The van der Waals surface area contributed by atoms with E-state index in [2.05, 4.69) is 35.3 Å². The smallest absolute Gasteiger partial charge is 0.310 e. The molecule has 1 aliphatic carbocycles. The van der Waals surface area contributed by atoms with E-state index in [0.29, 0.717) is 6.42 Å². The number of H-pyrrole nitrogens is 1. The number of ether oxygens (including phenoxy) is 1. The molecule has 1 N–H and O–H groups in total. The molecule has 3 aromatic rings.